The minimum Gasteiger partial charge on any atom is -0.494 e. The van der Waals surface area contributed by atoms with Gasteiger partial charge in [-0.25, -0.2) is 0 Å². The highest BCUT2D eigenvalue weighted by Crippen LogP contribution is 2.32. The van der Waals surface area contributed by atoms with Crippen LogP contribution in [0.4, 0.5) is 11.4 Å². The van der Waals surface area contributed by atoms with Crippen LogP contribution in [-0.4, -0.2) is 27.5 Å². The molecule has 0 fully saturated rings. The molecule has 9 nitrogen and oxygen atoms in total. The van der Waals surface area contributed by atoms with Crippen molar-refractivity contribution < 1.29 is 14.2 Å². The third-order valence-electron chi connectivity index (χ3n) is 4.34. The van der Waals surface area contributed by atoms with E-state index in [0.717, 1.165) is 22.8 Å². The summed E-state index contributed by atoms with van der Waals surface area (Å²) in [5.74, 6) is 3.19. The number of rotatable bonds is 8. The zero-order valence-corrected chi connectivity index (χ0v) is 17.9. The highest BCUT2D eigenvalue weighted by molar-refractivity contribution is 5.63. The molecule has 0 bridgehead atoms. The number of hydrogen-bond acceptors (Lipinski definition) is 9. The maximum Gasteiger partial charge on any atom is 0.149 e. The summed E-state index contributed by atoms with van der Waals surface area (Å²) in [5, 5.41) is 15.6. The lowest BCUT2D eigenvalue weighted by Crippen LogP contribution is -2.09. The molecule has 9 heteroatoms. The van der Waals surface area contributed by atoms with Crippen molar-refractivity contribution >= 4 is 11.4 Å². The number of hydrogen-bond donors (Lipinski definition) is 2. The Balaban J connectivity index is 1.38. The van der Waals surface area contributed by atoms with Crippen molar-refractivity contribution in [2.24, 2.45) is 0 Å². The summed E-state index contributed by atoms with van der Waals surface area (Å²) in [6.07, 6.45) is 3.14. The van der Waals surface area contributed by atoms with Crippen LogP contribution in [0, 0.1) is 13.8 Å². The van der Waals surface area contributed by atoms with Crippen molar-refractivity contribution in [3.05, 3.63) is 78.4 Å². The van der Waals surface area contributed by atoms with Gasteiger partial charge in [-0.2, -0.15) is 20.4 Å². The van der Waals surface area contributed by atoms with E-state index in [9.17, 15) is 0 Å². The molecule has 0 spiro atoms. The fourth-order valence-electron chi connectivity index (χ4n) is 2.87. The number of benzene rings is 2. The topological polar surface area (TPSA) is 103 Å². The molecule has 2 N–H and O–H groups in total. The van der Waals surface area contributed by atoms with Gasteiger partial charge in [-0.15, -0.1) is 0 Å². The summed E-state index contributed by atoms with van der Waals surface area (Å²) in [4.78, 5) is 0. The van der Waals surface area contributed by atoms with E-state index in [1.54, 1.807) is 25.6 Å². The molecule has 2 aromatic heterocycles. The van der Waals surface area contributed by atoms with E-state index in [4.69, 9.17) is 14.2 Å². The fraction of sp³-hybridized carbons (Fsp3) is 0.130. The second-order valence-electron chi connectivity index (χ2n) is 6.91. The lowest BCUT2D eigenvalue weighted by Gasteiger charge is -2.15. The molecule has 0 aliphatic rings. The van der Waals surface area contributed by atoms with Crippen LogP contribution in [0.15, 0.2) is 67.0 Å². The van der Waals surface area contributed by atoms with Crippen molar-refractivity contribution in [3.63, 3.8) is 0 Å². The van der Waals surface area contributed by atoms with Gasteiger partial charge in [-0.05, 0) is 50.2 Å². The number of aryl methyl sites for hydroxylation is 2. The van der Waals surface area contributed by atoms with Gasteiger partial charge in [0.1, 0.15) is 28.7 Å². The van der Waals surface area contributed by atoms with Crippen molar-refractivity contribution in [1.82, 2.24) is 20.4 Å². The average molecular weight is 430 g/mol. The molecule has 4 rings (SSSR count). The van der Waals surface area contributed by atoms with Gasteiger partial charge in [-0.3, -0.25) is 5.43 Å². The zero-order valence-electron chi connectivity index (χ0n) is 17.9. The fourth-order valence-corrected chi connectivity index (χ4v) is 2.87. The van der Waals surface area contributed by atoms with Crippen LogP contribution in [0.5, 0.6) is 28.7 Å². The van der Waals surface area contributed by atoms with E-state index < -0.39 is 0 Å². The monoisotopic (exact) mass is 430 g/mol. The first-order valence-electron chi connectivity index (χ1n) is 9.83. The Bertz CT molecular complexity index is 1200. The van der Waals surface area contributed by atoms with Gasteiger partial charge in [0.15, 0.2) is 0 Å². The molecule has 0 atom stereocenters. The van der Waals surface area contributed by atoms with E-state index in [1.807, 2.05) is 62.4 Å². The smallest absolute Gasteiger partial charge is 0.149 e. The number of nitrogens with zero attached hydrogens (tertiary/aromatic N) is 4. The Morgan fingerprint density at radius 3 is 1.84 bits per heavy atom. The molecular formula is C23H22N6O3. The minimum atomic E-state index is 0.610. The molecule has 2 heterocycles. The number of anilines is 2. The first-order valence-corrected chi connectivity index (χ1v) is 9.83. The van der Waals surface area contributed by atoms with E-state index >= 15 is 0 Å². The standard InChI is InChI=1S/C23H22N6O3/c1-15-10-20(13-24-26-15)31-18-6-4-17(5-7-18)28-29-22-9-8-19(12-23(22)30-3)32-21-11-16(2)27-25-14-21/h4-14,28-29H,1-3H3. The van der Waals surface area contributed by atoms with E-state index in [2.05, 4.69) is 31.2 Å². The molecule has 0 aliphatic heterocycles. The molecule has 0 amide bonds. The summed E-state index contributed by atoms with van der Waals surface area (Å²) in [7, 11) is 1.60. The second kappa shape index (κ2) is 9.61. The highest BCUT2D eigenvalue weighted by atomic mass is 16.5. The SMILES string of the molecule is COc1cc(Oc2cnnc(C)c2)ccc1NNc1ccc(Oc2cnnc(C)c2)cc1. The quantitative estimate of drug-likeness (QED) is 0.377. The summed E-state index contributed by atoms with van der Waals surface area (Å²) in [6.45, 7) is 3.72. The van der Waals surface area contributed by atoms with Crippen LogP contribution in [0.3, 0.4) is 0 Å². The molecule has 4 aromatic rings. The second-order valence-corrected chi connectivity index (χ2v) is 6.91. The maximum absolute atomic E-state index is 5.84. The van der Waals surface area contributed by atoms with E-state index in [1.165, 1.54) is 0 Å². The number of methoxy groups -OCH3 is 1. The molecule has 0 unspecified atom stereocenters. The Morgan fingerprint density at radius 1 is 0.656 bits per heavy atom. The molecular weight excluding hydrogens is 408 g/mol. The summed E-state index contributed by atoms with van der Waals surface area (Å²) in [6, 6.07) is 16.6. The first-order chi connectivity index (χ1) is 15.6. The molecule has 0 radical (unpaired) electrons. The Morgan fingerprint density at radius 2 is 1.25 bits per heavy atom. The molecule has 2 aromatic carbocycles. The summed E-state index contributed by atoms with van der Waals surface area (Å²) >= 11 is 0. The molecule has 162 valence electrons. The summed E-state index contributed by atoms with van der Waals surface area (Å²) < 4.78 is 17.1. The van der Waals surface area contributed by atoms with E-state index in [-0.39, 0.29) is 0 Å². The van der Waals surface area contributed by atoms with Gasteiger partial charge in [0.25, 0.3) is 0 Å². The van der Waals surface area contributed by atoms with Crippen LogP contribution in [-0.2, 0) is 0 Å². The van der Waals surface area contributed by atoms with Crippen LogP contribution in [0.1, 0.15) is 11.4 Å². The van der Waals surface area contributed by atoms with Crippen LogP contribution in [0.2, 0.25) is 0 Å². The Kier molecular flexibility index (Phi) is 6.26. The lowest BCUT2D eigenvalue weighted by molar-refractivity contribution is 0.410. The predicted molar refractivity (Wildman–Crippen MR) is 120 cm³/mol. The van der Waals surface area contributed by atoms with Gasteiger partial charge < -0.3 is 19.6 Å². The van der Waals surface area contributed by atoms with Gasteiger partial charge in [-0.1, -0.05) is 0 Å². The molecule has 0 saturated carbocycles. The third kappa shape index (κ3) is 5.39. The predicted octanol–water partition coefficient (Wildman–Crippen LogP) is 4.92. The Labute approximate surface area is 185 Å². The number of hydrazine groups is 1. The third-order valence-corrected chi connectivity index (χ3v) is 4.34. The molecule has 0 aliphatic carbocycles. The minimum absolute atomic E-state index is 0.610. The van der Waals surface area contributed by atoms with E-state index in [0.29, 0.717) is 28.7 Å². The number of ether oxygens (including phenoxy) is 3. The van der Waals surface area contributed by atoms with Crippen LogP contribution in [0.25, 0.3) is 0 Å². The lowest BCUT2D eigenvalue weighted by atomic mass is 10.2. The molecule has 0 saturated heterocycles. The first kappa shape index (κ1) is 20.9. The van der Waals surface area contributed by atoms with Gasteiger partial charge in [0.2, 0.25) is 0 Å². The van der Waals surface area contributed by atoms with Gasteiger partial charge in [0, 0.05) is 18.2 Å². The van der Waals surface area contributed by atoms with Crippen LogP contribution >= 0.6 is 0 Å². The number of nitrogens with one attached hydrogen (secondary N) is 2. The average Bonchev–Trinajstić information content (AvgIpc) is 2.79. The van der Waals surface area contributed by atoms with Crippen molar-refractivity contribution in [2.75, 3.05) is 18.0 Å². The van der Waals surface area contributed by atoms with Crippen molar-refractivity contribution in [3.8, 4) is 28.7 Å². The maximum atomic E-state index is 5.84. The van der Waals surface area contributed by atoms with Crippen molar-refractivity contribution in [1.29, 1.82) is 0 Å². The normalized spacial score (nSPS) is 10.3. The largest absolute Gasteiger partial charge is 0.494 e. The van der Waals surface area contributed by atoms with Crippen LogP contribution < -0.4 is 25.1 Å². The van der Waals surface area contributed by atoms with Crippen molar-refractivity contribution in [2.45, 2.75) is 13.8 Å². The number of aromatic nitrogens is 4. The summed E-state index contributed by atoms with van der Waals surface area (Å²) in [5.41, 5.74) is 9.47. The zero-order chi connectivity index (χ0) is 22.3. The van der Waals surface area contributed by atoms with Gasteiger partial charge in [0.05, 0.1) is 42.3 Å². The Hall–Kier alpha value is -4.40. The molecule has 32 heavy (non-hydrogen) atoms. The highest BCUT2D eigenvalue weighted by Gasteiger charge is 2.07. The van der Waals surface area contributed by atoms with Gasteiger partial charge >= 0.3 is 0 Å².